The molecule has 0 saturated carbocycles. The van der Waals surface area contributed by atoms with Crippen molar-refractivity contribution < 1.29 is 14.6 Å². The standard InChI is InChI=1S/C11H23NO3/c1-8(15-11(2,3)4)5-9(7-12)6-10(13)14/h8-9H,5-7,12H2,1-4H3,(H,13,14). The van der Waals surface area contributed by atoms with Crippen molar-refractivity contribution in [2.75, 3.05) is 6.54 Å². The lowest BCUT2D eigenvalue weighted by Crippen LogP contribution is -2.29. The van der Waals surface area contributed by atoms with Crippen LogP contribution in [0.3, 0.4) is 0 Å². The maximum absolute atomic E-state index is 10.5. The Morgan fingerprint density at radius 1 is 1.47 bits per heavy atom. The highest BCUT2D eigenvalue weighted by atomic mass is 16.5. The minimum absolute atomic E-state index is 0.000139. The topological polar surface area (TPSA) is 72.6 Å². The quantitative estimate of drug-likeness (QED) is 0.709. The molecule has 0 bridgehead atoms. The first kappa shape index (κ1) is 14.4. The molecule has 2 atom stereocenters. The van der Waals surface area contributed by atoms with Gasteiger partial charge in [-0.2, -0.15) is 0 Å². The van der Waals surface area contributed by atoms with E-state index in [2.05, 4.69) is 0 Å². The van der Waals surface area contributed by atoms with Gasteiger partial charge in [0.05, 0.1) is 11.7 Å². The van der Waals surface area contributed by atoms with Crippen molar-refractivity contribution in [3.05, 3.63) is 0 Å². The van der Waals surface area contributed by atoms with Gasteiger partial charge in [0, 0.05) is 6.42 Å². The van der Waals surface area contributed by atoms with Gasteiger partial charge < -0.3 is 15.6 Å². The van der Waals surface area contributed by atoms with E-state index in [1.165, 1.54) is 0 Å². The number of carboxylic acids is 1. The highest BCUT2D eigenvalue weighted by molar-refractivity contribution is 5.67. The fourth-order valence-electron chi connectivity index (χ4n) is 1.63. The van der Waals surface area contributed by atoms with Crippen molar-refractivity contribution in [3.8, 4) is 0 Å². The normalized spacial score (nSPS) is 16.1. The molecular formula is C11H23NO3. The van der Waals surface area contributed by atoms with Gasteiger partial charge in [0.2, 0.25) is 0 Å². The van der Waals surface area contributed by atoms with Crippen LogP contribution in [0.5, 0.6) is 0 Å². The number of nitrogens with two attached hydrogens (primary N) is 1. The molecule has 0 saturated heterocycles. The fraction of sp³-hybridized carbons (Fsp3) is 0.909. The second kappa shape index (κ2) is 6.08. The average molecular weight is 217 g/mol. The first-order chi connectivity index (χ1) is 6.74. The van der Waals surface area contributed by atoms with Gasteiger partial charge in [0.1, 0.15) is 0 Å². The van der Waals surface area contributed by atoms with Crippen LogP contribution in [0.1, 0.15) is 40.5 Å². The van der Waals surface area contributed by atoms with Crippen molar-refractivity contribution in [1.29, 1.82) is 0 Å². The predicted molar refractivity (Wildman–Crippen MR) is 59.7 cm³/mol. The Balaban J connectivity index is 4.01. The maximum Gasteiger partial charge on any atom is 0.303 e. The zero-order chi connectivity index (χ0) is 12.1. The number of ether oxygens (including phenoxy) is 1. The fourth-order valence-corrected chi connectivity index (χ4v) is 1.63. The molecule has 0 fully saturated rings. The third kappa shape index (κ3) is 8.39. The van der Waals surface area contributed by atoms with E-state index >= 15 is 0 Å². The minimum atomic E-state index is -0.798. The summed E-state index contributed by atoms with van der Waals surface area (Å²) in [4.78, 5) is 10.5. The van der Waals surface area contributed by atoms with Crippen molar-refractivity contribution in [2.45, 2.75) is 52.2 Å². The molecule has 0 spiro atoms. The Morgan fingerprint density at radius 2 is 2.00 bits per heavy atom. The molecule has 0 aliphatic rings. The summed E-state index contributed by atoms with van der Waals surface area (Å²) < 4.78 is 5.70. The molecule has 0 aliphatic heterocycles. The summed E-state index contributed by atoms with van der Waals surface area (Å²) in [6, 6.07) is 0. The molecule has 0 radical (unpaired) electrons. The first-order valence-electron chi connectivity index (χ1n) is 5.34. The summed E-state index contributed by atoms with van der Waals surface area (Å²) >= 11 is 0. The van der Waals surface area contributed by atoms with Gasteiger partial charge in [-0.3, -0.25) is 4.79 Å². The van der Waals surface area contributed by atoms with Crippen LogP contribution in [0.4, 0.5) is 0 Å². The third-order valence-electron chi connectivity index (χ3n) is 2.02. The van der Waals surface area contributed by atoms with Crippen molar-refractivity contribution in [1.82, 2.24) is 0 Å². The summed E-state index contributed by atoms with van der Waals surface area (Å²) in [5, 5.41) is 8.66. The summed E-state index contributed by atoms with van der Waals surface area (Å²) in [6.45, 7) is 8.30. The highest BCUT2D eigenvalue weighted by Gasteiger charge is 2.20. The van der Waals surface area contributed by atoms with Gasteiger partial charge in [0.25, 0.3) is 0 Å². The molecule has 0 aromatic heterocycles. The SMILES string of the molecule is CC(CC(CN)CC(=O)O)OC(C)(C)C. The maximum atomic E-state index is 10.5. The minimum Gasteiger partial charge on any atom is -0.481 e. The van der Waals surface area contributed by atoms with Crippen LogP contribution in [0.15, 0.2) is 0 Å². The Morgan fingerprint density at radius 3 is 2.33 bits per heavy atom. The van der Waals surface area contributed by atoms with E-state index in [1.807, 2.05) is 27.7 Å². The molecule has 0 aliphatic carbocycles. The lowest BCUT2D eigenvalue weighted by molar-refractivity contribution is -0.138. The zero-order valence-corrected chi connectivity index (χ0v) is 10.1. The summed E-state index contributed by atoms with van der Waals surface area (Å²) in [7, 11) is 0. The Labute approximate surface area is 91.8 Å². The zero-order valence-electron chi connectivity index (χ0n) is 10.1. The number of aliphatic carboxylic acids is 1. The van der Waals surface area contributed by atoms with E-state index in [-0.39, 0.29) is 24.0 Å². The van der Waals surface area contributed by atoms with Crippen LogP contribution < -0.4 is 5.73 Å². The second-order valence-electron chi connectivity index (χ2n) is 4.98. The predicted octanol–water partition coefficient (Wildman–Crippen LogP) is 1.63. The number of hydrogen-bond donors (Lipinski definition) is 2. The van der Waals surface area contributed by atoms with E-state index in [4.69, 9.17) is 15.6 Å². The van der Waals surface area contributed by atoms with Gasteiger partial charge in [-0.15, -0.1) is 0 Å². The highest BCUT2D eigenvalue weighted by Crippen LogP contribution is 2.18. The first-order valence-corrected chi connectivity index (χ1v) is 5.34. The summed E-state index contributed by atoms with van der Waals surface area (Å²) in [5.74, 6) is -0.798. The third-order valence-corrected chi connectivity index (χ3v) is 2.02. The van der Waals surface area contributed by atoms with Crippen LogP contribution in [0, 0.1) is 5.92 Å². The largest absolute Gasteiger partial charge is 0.481 e. The molecule has 0 amide bonds. The summed E-state index contributed by atoms with van der Waals surface area (Å²) in [6.07, 6.45) is 0.854. The molecule has 4 heteroatoms. The Kier molecular flexibility index (Phi) is 5.83. The smallest absolute Gasteiger partial charge is 0.303 e. The monoisotopic (exact) mass is 217 g/mol. The number of carbonyl (C=O) groups is 1. The second-order valence-corrected chi connectivity index (χ2v) is 4.98. The number of rotatable bonds is 6. The van der Waals surface area contributed by atoms with E-state index in [9.17, 15) is 4.79 Å². The van der Waals surface area contributed by atoms with Crippen molar-refractivity contribution in [3.63, 3.8) is 0 Å². The molecule has 0 aromatic carbocycles. The molecule has 0 aromatic rings. The lowest BCUT2D eigenvalue weighted by atomic mass is 9.98. The van der Waals surface area contributed by atoms with E-state index in [1.54, 1.807) is 0 Å². The lowest BCUT2D eigenvalue weighted by Gasteiger charge is -2.27. The van der Waals surface area contributed by atoms with Gasteiger partial charge in [-0.1, -0.05) is 0 Å². The van der Waals surface area contributed by atoms with Crippen LogP contribution >= 0.6 is 0 Å². The van der Waals surface area contributed by atoms with Gasteiger partial charge in [-0.25, -0.2) is 0 Å². The van der Waals surface area contributed by atoms with Crippen LogP contribution in [0.2, 0.25) is 0 Å². The average Bonchev–Trinajstić information content (AvgIpc) is 1.98. The molecule has 90 valence electrons. The van der Waals surface area contributed by atoms with Crippen LogP contribution in [-0.4, -0.2) is 29.3 Å². The van der Waals surface area contributed by atoms with Gasteiger partial charge in [-0.05, 0) is 46.6 Å². The van der Waals surface area contributed by atoms with Crippen LogP contribution in [0.25, 0.3) is 0 Å². The number of carboxylic acid groups (broad SMARTS) is 1. The van der Waals surface area contributed by atoms with E-state index in [0.29, 0.717) is 13.0 Å². The molecular weight excluding hydrogens is 194 g/mol. The molecule has 15 heavy (non-hydrogen) atoms. The van der Waals surface area contributed by atoms with Gasteiger partial charge >= 0.3 is 5.97 Å². The molecule has 4 nitrogen and oxygen atoms in total. The summed E-state index contributed by atoms with van der Waals surface area (Å²) in [5.41, 5.74) is 5.32. The van der Waals surface area contributed by atoms with Crippen molar-refractivity contribution in [2.24, 2.45) is 11.7 Å². The van der Waals surface area contributed by atoms with Crippen LogP contribution in [-0.2, 0) is 9.53 Å². The molecule has 0 rings (SSSR count). The Hall–Kier alpha value is -0.610. The van der Waals surface area contributed by atoms with Gasteiger partial charge in [0.15, 0.2) is 0 Å². The molecule has 0 heterocycles. The number of hydrogen-bond acceptors (Lipinski definition) is 3. The van der Waals surface area contributed by atoms with E-state index in [0.717, 1.165) is 0 Å². The Bertz CT molecular complexity index is 198. The van der Waals surface area contributed by atoms with Crippen molar-refractivity contribution >= 4 is 5.97 Å². The molecule has 3 N–H and O–H groups in total. The van der Waals surface area contributed by atoms with E-state index < -0.39 is 5.97 Å². The molecule has 2 unspecified atom stereocenters.